The second-order valence-corrected chi connectivity index (χ2v) is 9.57. The summed E-state index contributed by atoms with van der Waals surface area (Å²) >= 11 is 1.80. The molecule has 0 aromatic carbocycles. The Balaban J connectivity index is 0.000000404. The van der Waals surface area contributed by atoms with Crippen LogP contribution < -0.4 is 0 Å². The quantitative estimate of drug-likeness (QED) is 0.479. The van der Waals surface area contributed by atoms with E-state index in [4.69, 9.17) is 29.3 Å². The molecule has 0 radical (unpaired) electrons. The molecule has 1 aromatic heterocycles. The predicted octanol–water partition coefficient (Wildman–Crippen LogP) is 3.96. The first-order chi connectivity index (χ1) is 17.1. The number of halogens is 6. The number of alkyl halides is 6. The standard InChI is InChI=1S/C18H30N2O2S.2C2HF3O2/c1-21-9-8-20-15-18(11-17(20)13-22-2)4-6-19(7-5-18)12-16-3-10-23-14-16;2*3-2(4,5)1(6)7/h3,10,14,17H,4-9,11-13,15H2,1-2H3;2*(H,6,7). The lowest BCUT2D eigenvalue weighted by Crippen LogP contribution is -2.41. The topological polar surface area (TPSA) is 99.5 Å². The Kier molecular flexibility index (Phi) is 13.3. The number of carbonyl (C=O) groups is 2. The Hall–Kier alpha value is -1.94. The molecule has 0 amide bonds. The maximum absolute atomic E-state index is 10.6. The number of likely N-dealkylation sites (tertiary alicyclic amines) is 2. The smallest absolute Gasteiger partial charge is 0.475 e. The van der Waals surface area contributed by atoms with Gasteiger partial charge in [0.1, 0.15) is 0 Å². The Morgan fingerprint density at radius 3 is 2.00 bits per heavy atom. The molecule has 37 heavy (non-hydrogen) atoms. The zero-order valence-electron chi connectivity index (χ0n) is 20.5. The number of hydrogen-bond donors (Lipinski definition) is 2. The van der Waals surface area contributed by atoms with Gasteiger partial charge in [0.15, 0.2) is 0 Å². The van der Waals surface area contributed by atoms with Crippen LogP contribution in [0.4, 0.5) is 26.3 Å². The number of nitrogens with zero attached hydrogens (tertiary/aromatic N) is 2. The zero-order valence-corrected chi connectivity index (χ0v) is 21.3. The molecule has 1 atom stereocenters. The number of carboxylic acids is 2. The van der Waals surface area contributed by atoms with Crippen molar-refractivity contribution in [1.29, 1.82) is 0 Å². The second-order valence-electron chi connectivity index (χ2n) is 8.79. The van der Waals surface area contributed by atoms with Gasteiger partial charge in [-0.3, -0.25) is 9.80 Å². The third-order valence-corrected chi connectivity index (χ3v) is 6.79. The SMILES string of the molecule is COCCN1CC2(CCN(Cc3ccsc3)CC2)CC1COC.O=C(O)C(F)(F)F.O=C(O)C(F)(F)F. The molecule has 2 fully saturated rings. The number of piperidine rings is 1. The van der Waals surface area contributed by atoms with Gasteiger partial charge in [-0.25, -0.2) is 9.59 Å². The maximum atomic E-state index is 10.6. The van der Waals surface area contributed by atoms with E-state index < -0.39 is 24.3 Å². The summed E-state index contributed by atoms with van der Waals surface area (Å²) in [7, 11) is 3.61. The summed E-state index contributed by atoms with van der Waals surface area (Å²) in [5.74, 6) is -5.51. The van der Waals surface area contributed by atoms with Crippen molar-refractivity contribution in [2.45, 2.75) is 44.2 Å². The molecule has 0 aliphatic carbocycles. The Bertz CT molecular complexity index is 790. The number of hydrogen-bond acceptors (Lipinski definition) is 7. The van der Waals surface area contributed by atoms with Crippen molar-refractivity contribution in [3.8, 4) is 0 Å². The number of carboxylic acid groups (broad SMARTS) is 2. The van der Waals surface area contributed by atoms with Crippen LogP contribution >= 0.6 is 11.3 Å². The molecule has 2 N–H and O–H groups in total. The molecule has 214 valence electrons. The minimum Gasteiger partial charge on any atom is -0.475 e. The van der Waals surface area contributed by atoms with Gasteiger partial charge in [-0.05, 0) is 60.2 Å². The first kappa shape index (κ1) is 33.1. The molecular formula is C22H32F6N2O6S. The predicted molar refractivity (Wildman–Crippen MR) is 122 cm³/mol. The van der Waals surface area contributed by atoms with Gasteiger partial charge in [-0.1, -0.05) is 0 Å². The van der Waals surface area contributed by atoms with Crippen LogP contribution in [0, 0.1) is 5.41 Å². The van der Waals surface area contributed by atoms with E-state index in [1.807, 2.05) is 7.11 Å². The first-order valence-electron chi connectivity index (χ1n) is 11.2. The highest BCUT2D eigenvalue weighted by atomic mass is 32.1. The van der Waals surface area contributed by atoms with Crippen LogP contribution in [-0.4, -0.2) is 104 Å². The van der Waals surface area contributed by atoms with Crippen molar-refractivity contribution < 1.29 is 55.6 Å². The lowest BCUT2D eigenvalue weighted by atomic mass is 9.76. The Labute approximate surface area is 214 Å². The van der Waals surface area contributed by atoms with Gasteiger partial charge in [0.05, 0.1) is 13.2 Å². The van der Waals surface area contributed by atoms with Crippen molar-refractivity contribution in [1.82, 2.24) is 9.80 Å². The molecule has 2 aliphatic heterocycles. The van der Waals surface area contributed by atoms with Crippen molar-refractivity contribution in [2.24, 2.45) is 5.41 Å². The van der Waals surface area contributed by atoms with E-state index in [0.29, 0.717) is 11.5 Å². The van der Waals surface area contributed by atoms with E-state index in [1.54, 1.807) is 18.4 Å². The highest BCUT2D eigenvalue weighted by Crippen LogP contribution is 2.43. The second kappa shape index (κ2) is 14.9. The molecule has 15 heteroatoms. The van der Waals surface area contributed by atoms with Gasteiger partial charge in [0, 0.05) is 39.9 Å². The first-order valence-corrected chi connectivity index (χ1v) is 12.1. The van der Waals surface area contributed by atoms with Crippen LogP contribution in [0.2, 0.25) is 0 Å². The highest BCUT2D eigenvalue weighted by Gasteiger charge is 2.45. The molecule has 1 aromatic rings. The van der Waals surface area contributed by atoms with Crippen LogP contribution in [0.15, 0.2) is 16.8 Å². The maximum Gasteiger partial charge on any atom is 0.490 e. The summed E-state index contributed by atoms with van der Waals surface area (Å²) in [6, 6.07) is 2.82. The van der Waals surface area contributed by atoms with Gasteiger partial charge in [-0.15, -0.1) is 0 Å². The number of aliphatic carboxylic acids is 2. The summed E-state index contributed by atoms with van der Waals surface area (Å²) in [5.41, 5.74) is 1.97. The Morgan fingerprint density at radius 2 is 1.59 bits per heavy atom. The van der Waals surface area contributed by atoms with E-state index in [1.165, 1.54) is 44.5 Å². The highest BCUT2D eigenvalue weighted by molar-refractivity contribution is 7.07. The summed E-state index contributed by atoms with van der Waals surface area (Å²) in [4.78, 5) is 23.0. The fraction of sp³-hybridized carbons (Fsp3) is 0.727. The van der Waals surface area contributed by atoms with Crippen molar-refractivity contribution in [2.75, 3.05) is 53.6 Å². The number of methoxy groups -OCH3 is 2. The molecule has 2 saturated heterocycles. The van der Waals surface area contributed by atoms with Crippen LogP contribution in [0.3, 0.4) is 0 Å². The van der Waals surface area contributed by atoms with Crippen LogP contribution in [-0.2, 0) is 25.6 Å². The lowest BCUT2D eigenvalue weighted by molar-refractivity contribution is -0.193. The van der Waals surface area contributed by atoms with E-state index in [2.05, 4.69) is 26.6 Å². The average Bonchev–Trinajstić information content (AvgIpc) is 3.42. The summed E-state index contributed by atoms with van der Waals surface area (Å²) in [5, 5.41) is 18.7. The number of thiophene rings is 1. The molecule has 2 aliphatic rings. The average molecular weight is 567 g/mol. The Morgan fingerprint density at radius 1 is 1.05 bits per heavy atom. The van der Waals surface area contributed by atoms with E-state index in [9.17, 15) is 26.3 Å². The summed E-state index contributed by atoms with van der Waals surface area (Å²) in [6.45, 7) is 7.50. The normalized spacial score (nSPS) is 20.1. The molecular weight excluding hydrogens is 534 g/mol. The van der Waals surface area contributed by atoms with Crippen molar-refractivity contribution in [3.05, 3.63) is 22.4 Å². The van der Waals surface area contributed by atoms with Gasteiger partial charge in [0.25, 0.3) is 0 Å². The molecule has 1 spiro atoms. The van der Waals surface area contributed by atoms with Gasteiger partial charge in [-0.2, -0.15) is 37.7 Å². The van der Waals surface area contributed by atoms with Crippen LogP contribution in [0.1, 0.15) is 24.8 Å². The van der Waals surface area contributed by atoms with Gasteiger partial charge in [0.2, 0.25) is 0 Å². The monoisotopic (exact) mass is 566 g/mol. The summed E-state index contributed by atoms with van der Waals surface area (Å²) in [6.07, 6.45) is -6.24. The number of rotatable bonds is 7. The molecule has 0 bridgehead atoms. The number of ether oxygens (including phenoxy) is 2. The zero-order chi connectivity index (χ0) is 28.3. The fourth-order valence-electron chi connectivity index (χ4n) is 4.27. The van der Waals surface area contributed by atoms with Crippen molar-refractivity contribution >= 4 is 23.3 Å². The minimum absolute atomic E-state index is 0.502. The van der Waals surface area contributed by atoms with E-state index in [-0.39, 0.29) is 0 Å². The fourth-order valence-corrected chi connectivity index (χ4v) is 4.93. The third-order valence-electron chi connectivity index (χ3n) is 6.05. The molecule has 3 heterocycles. The molecule has 8 nitrogen and oxygen atoms in total. The van der Waals surface area contributed by atoms with E-state index in [0.717, 1.165) is 26.3 Å². The van der Waals surface area contributed by atoms with Crippen molar-refractivity contribution in [3.63, 3.8) is 0 Å². The molecule has 0 saturated carbocycles. The molecule has 3 rings (SSSR count). The largest absolute Gasteiger partial charge is 0.490 e. The van der Waals surface area contributed by atoms with Gasteiger partial charge < -0.3 is 19.7 Å². The van der Waals surface area contributed by atoms with Crippen LogP contribution in [0.5, 0.6) is 0 Å². The van der Waals surface area contributed by atoms with Crippen LogP contribution in [0.25, 0.3) is 0 Å². The lowest BCUT2D eigenvalue weighted by Gasteiger charge is -2.39. The summed E-state index contributed by atoms with van der Waals surface area (Å²) < 4.78 is 74.2. The molecule has 1 unspecified atom stereocenters. The van der Waals surface area contributed by atoms with E-state index >= 15 is 0 Å². The van der Waals surface area contributed by atoms with Gasteiger partial charge >= 0.3 is 24.3 Å². The minimum atomic E-state index is -5.08. The third kappa shape index (κ3) is 12.0.